The molecule has 0 amide bonds. The van der Waals surface area contributed by atoms with Crippen molar-refractivity contribution in [2.45, 2.75) is 26.8 Å². The molecule has 1 aromatic rings. The van der Waals surface area contributed by atoms with Crippen molar-refractivity contribution < 1.29 is 0 Å². The topological polar surface area (TPSA) is 42.2 Å². The Morgan fingerprint density at radius 1 is 1.40 bits per heavy atom. The van der Waals surface area contributed by atoms with Gasteiger partial charge in [0.05, 0.1) is 10.7 Å². The van der Waals surface area contributed by atoms with Crippen LogP contribution in [0.3, 0.4) is 0 Å². The lowest BCUT2D eigenvalue weighted by Crippen LogP contribution is -2.34. The Labute approximate surface area is 96.2 Å². The van der Waals surface area contributed by atoms with Crippen LogP contribution in [0.1, 0.15) is 20.8 Å². The molecule has 2 N–H and O–H groups in total. The van der Waals surface area contributed by atoms with Crippen molar-refractivity contribution in [2.24, 2.45) is 5.92 Å². The molecule has 1 aromatic heterocycles. The Morgan fingerprint density at radius 2 is 2.00 bits per heavy atom. The minimum atomic E-state index is 0.390. The SMILES string of the molecule is CC(C)C(C)N(C)c1ncc(Cl)cc1N. The van der Waals surface area contributed by atoms with E-state index in [9.17, 15) is 0 Å². The van der Waals surface area contributed by atoms with Gasteiger partial charge in [-0.2, -0.15) is 0 Å². The van der Waals surface area contributed by atoms with Crippen LogP contribution in [0.2, 0.25) is 5.02 Å². The lowest BCUT2D eigenvalue weighted by Gasteiger charge is -2.29. The van der Waals surface area contributed by atoms with Crippen LogP contribution < -0.4 is 10.6 Å². The zero-order valence-corrected chi connectivity index (χ0v) is 10.4. The maximum atomic E-state index is 5.87. The summed E-state index contributed by atoms with van der Waals surface area (Å²) < 4.78 is 0. The van der Waals surface area contributed by atoms with E-state index in [-0.39, 0.29) is 0 Å². The van der Waals surface area contributed by atoms with Gasteiger partial charge in [0.15, 0.2) is 5.82 Å². The third-order valence-electron chi connectivity index (χ3n) is 2.77. The smallest absolute Gasteiger partial charge is 0.151 e. The second-order valence-corrected chi connectivity index (χ2v) is 4.60. The molecule has 0 saturated carbocycles. The van der Waals surface area contributed by atoms with Crippen LogP contribution in [-0.2, 0) is 0 Å². The van der Waals surface area contributed by atoms with E-state index in [2.05, 4.69) is 30.7 Å². The minimum Gasteiger partial charge on any atom is -0.396 e. The van der Waals surface area contributed by atoms with Crippen LogP contribution >= 0.6 is 11.6 Å². The molecule has 15 heavy (non-hydrogen) atoms. The number of nitrogen functional groups attached to an aromatic ring is 1. The van der Waals surface area contributed by atoms with Gasteiger partial charge in [-0.15, -0.1) is 0 Å². The average Bonchev–Trinajstić information content (AvgIpc) is 2.15. The van der Waals surface area contributed by atoms with Crippen LogP contribution in [0.4, 0.5) is 11.5 Å². The maximum Gasteiger partial charge on any atom is 0.151 e. The maximum absolute atomic E-state index is 5.87. The van der Waals surface area contributed by atoms with E-state index < -0.39 is 0 Å². The third-order valence-corrected chi connectivity index (χ3v) is 2.98. The summed E-state index contributed by atoms with van der Waals surface area (Å²) in [7, 11) is 2.00. The summed E-state index contributed by atoms with van der Waals surface area (Å²) in [5.41, 5.74) is 6.49. The van der Waals surface area contributed by atoms with Gasteiger partial charge in [0.1, 0.15) is 0 Å². The van der Waals surface area contributed by atoms with Crippen LogP contribution in [0, 0.1) is 5.92 Å². The van der Waals surface area contributed by atoms with Gasteiger partial charge in [-0.1, -0.05) is 25.4 Å². The fourth-order valence-electron chi connectivity index (χ4n) is 1.38. The Kier molecular flexibility index (Phi) is 3.80. The Bertz CT molecular complexity index is 339. The fourth-order valence-corrected chi connectivity index (χ4v) is 1.55. The number of halogens is 1. The third kappa shape index (κ3) is 2.75. The number of nitrogens with two attached hydrogens (primary N) is 1. The summed E-state index contributed by atoms with van der Waals surface area (Å²) in [6.07, 6.45) is 1.62. The highest BCUT2D eigenvalue weighted by Gasteiger charge is 2.16. The lowest BCUT2D eigenvalue weighted by atomic mass is 10.1. The number of hydrogen-bond donors (Lipinski definition) is 1. The van der Waals surface area contributed by atoms with Crippen molar-refractivity contribution in [1.82, 2.24) is 4.98 Å². The number of aromatic nitrogens is 1. The summed E-state index contributed by atoms with van der Waals surface area (Å²) in [6, 6.07) is 2.12. The summed E-state index contributed by atoms with van der Waals surface area (Å²) in [6.45, 7) is 6.50. The van der Waals surface area contributed by atoms with Crippen molar-refractivity contribution in [1.29, 1.82) is 0 Å². The quantitative estimate of drug-likeness (QED) is 0.864. The predicted octanol–water partition coefficient (Wildman–Crippen LogP) is 2.80. The molecule has 0 saturated heterocycles. The molecule has 0 fully saturated rings. The summed E-state index contributed by atoms with van der Waals surface area (Å²) in [5, 5.41) is 0.571. The first-order valence-electron chi connectivity index (χ1n) is 5.07. The molecule has 0 aliphatic carbocycles. The van der Waals surface area contributed by atoms with Gasteiger partial charge in [0.25, 0.3) is 0 Å². The molecule has 1 atom stereocenters. The van der Waals surface area contributed by atoms with Gasteiger partial charge >= 0.3 is 0 Å². The molecule has 0 aliphatic heterocycles. The second-order valence-electron chi connectivity index (χ2n) is 4.16. The first-order valence-corrected chi connectivity index (χ1v) is 5.45. The summed E-state index contributed by atoms with van der Waals surface area (Å²) in [4.78, 5) is 6.33. The van der Waals surface area contributed by atoms with Crippen LogP contribution in [0.15, 0.2) is 12.3 Å². The first kappa shape index (κ1) is 12.1. The van der Waals surface area contributed by atoms with Gasteiger partial charge in [0.2, 0.25) is 0 Å². The highest BCUT2D eigenvalue weighted by molar-refractivity contribution is 6.30. The minimum absolute atomic E-state index is 0.390. The van der Waals surface area contributed by atoms with E-state index in [0.717, 1.165) is 5.82 Å². The van der Waals surface area contributed by atoms with E-state index in [4.69, 9.17) is 17.3 Å². The molecule has 0 radical (unpaired) electrons. The molecule has 1 unspecified atom stereocenters. The molecule has 84 valence electrons. The number of hydrogen-bond acceptors (Lipinski definition) is 3. The largest absolute Gasteiger partial charge is 0.396 e. The molecular weight excluding hydrogens is 210 g/mol. The zero-order chi connectivity index (χ0) is 11.6. The van der Waals surface area contributed by atoms with Crippen molar-refractivity contribution in [2.75, 3.05) is 17.7 Å². The number of nitrogens with zero attached hydrogens (tertiary/aromatic N) is 2. The van der Waals surface area contributed by atoms with Crippen LogP contribution in [0.25, 0.3) is 0 Å². The molecule has 0 aromatic carbocycles. The van der Waals surface area contributed by atoms with Gasteiger partial charge in [-0.25, -0.2) is 4.98 Å². The van der Waals surface area contributed by atoms with E-state index >= 15 is 0 Å². The Morgan fingerprint density at radius 3 is 2.47 bits per heavy atom. The van der Waals surface area contributed by atoms with Gasteiger partial charge in [-0.3, -0.25) is 0 Å². The van der Waals surface area contributed by atoms with E-state index in [1.54, 1.807) is 12.3 Å². The Balaban J connectivity index is 2.96. The molecule has 4 heteroatoms. The summed E-state index contributed by atoms with van der Waals surface area (Å²) >= 11 is 5.80. The molecule has 1 rings (SSSR count). The molecule has 0 bridgehead atoms. The molecule has 3 nitrogen and oxygen atoms in total. The standard InChI is InChI=1S/C11H18ClN3/c1-7(2)8(3)15(4)11-10(13)5-9(12)6-14-11/h5-8H,13H2,1-4H3. The Hall–Kier alpha value is -0.960. The van der Waals surface area contributed by atoms with E-state index in [1.807, 2.05) is 7.05 Å². The number of rotatable bonds is 3. The normalized spacial score (nSPS) is 12.9. The van der Waals surface area contributed by atoms with Crippen molar-refractivity contribution >= 4 is 23.1 Å². The molecule has 1 heterocycles. The highest BCUT2D eigenvalue weighted by atomic mass is 35.5. The van der Waals surface area contributed by atoms with Crippen LogP contribution in [-0.4, -0.2) is 18.1 Å². The van der Waals surface area contributed by atoms with Gasteiger partial charge in [0, 0.05) is 19.3 Å². The zero-order valence-electron chi connectivity index (χ0n) is 9.66. The van der Waals surface area contributed by atoms with Gasteiger partial charge in [-0.05, 0) is 18.9 Å². The average molecular weight is 228 g/mol. The van der Waals surface area contributed by atoms with Gasteiger partial charge < -0.3 is 10.6 Å². The first-order chi connectivity index (χ1) is 6.93. The van der Waals surface area contributed by atoms with Crippen molar-refractivity contribution in [3.05, 3.63) is 17.3 Å². The molecule has 0 aliphatic rings. The monoisotopic (exact) mass is 227 g/mol. The summed E-state index contributed by atoms with van der Waals surface area (Å²) in [5.74, 6) is 1.34. The molecule has 0 spiro atoms. The number of anilines is 2. The lowest BCUT2D eigenvalue weighted by molar-refractivity contribution is 0.503. The van der Waals surface area contributed by atoms with Crippen LogP contribution in [0.5, 0.6) is 0 Å². The molecular formula is C11H18ClN3. The van der Waals surface area contributed by atoms with Crippen molar-refractivity contribution in [3.63, 3.8) is 0 Å². The van der Waals surface area contributed by atoms with E-state index in [0.29, 0.717) is 22.7 Å². The van der Waals surface area contributed by atoms with E-state index in [1.165, 1.54) is 0 Å². The number of pyridine rings is 1. The second kappa shape index (κ2) is 4.71. The highest BCUT2D eigenvalue weighted by Crippen LogP contribution is 2.25. The fraction of sp³-hybridized carbons (Fsp3) is 0.545. The predicted molar refractivity (Wildman–Crippen MR) is 66.4 cm³/mol. The van der Waals surface area contributed by atoms with Crippen molar-refractivity contribution in [3.8, 4) is 0 Å².